The molecule has 3 N–H and O–H groups in total. The number of hydrogen-bond donors (Lipinski definition) is 2. The lowest BCUT2D eigenvalue weighted by Gasteiger charge is -2.39. The van der Waals surface area contributed by atoms with Crippen LogP contribution < -0.4 is 5.73 Å². The number of oxime groups is 1. The largest absolute Gasteiger partial charge is 0.409 e. The van der Waals surface area contributed by atoms with E-state index in [1.54, 1.807) is 0 Å². The molecule has 104 valence electrons. The Kier molecular flexibility index (Phi) is 4.99. The molecule has 1 amide bonds. The summed E-state index contributed by atoms with van der Waals surface area (Å²) in [6.45, 7) is 8.81. The van der Waals surface area contributed by atoms with Crippen LogP contribution in [0.1, 0.15) is 40.5 Å². The molecule has 0 aliphatic carbocycles. The van der Waals surface area contributed by atoms with Gasteiger partial charge in [0.2, 0.25) is 5.91 Å². The average molecular weight is 255 g/mol. The summed E-state index contributed by atoms with van der Waals surface area (Å²) in [6, 6.07) is 0.237. The molecule has 1 aliphatic heterocycles. The summed E-state index contributed by atoms with van der Waals surface area (Å²) in [6.07, 6.45) is 2.18. The molecule has 3 atom stereocenters. The third-order valence-electron chi connectivity index (χ3n) is 3.77. The lowest BCUT2D eigenvalue weighted by Crippen LogP contribution is -2.51. The number of nitrogens with two attached hydrogens (primary N) is 1. The molecular weight excluding hydrogens is 230 g/mol. The zero-order valence-electron chi connectivity index (χ0n) is 11.8. The van der Waals surface area contributed by atoms with E-state index in [1.165, 1.54) is 0 Å². The molecular formula is C13H25N3O2. The van der Waals surface area contributed by atoms with E-state index in [2.05, 4.69) is 19.0 Å². The van der Waals surface area contributed by atoms with Gasteiger partial charge in [-0.3, -0.25) is 4.79 Å². The molecule has 0 radical (unpaired) electrons. The lowest BCUT2D eigenvalue weighted by atomic mass is 9.89. The van der Waals surface area contributed by atoms with Gasteiger partial charge in [-0.05, 0) is 31.6 Å². The van der Waals surface area contributed by atoms with Gasteiger partial charge in [-0.1, -0.05) is 25.9 Å². The van der Waals surface area contributed by atoms with Crippen LogP contribution in [0.2, 0.25) is 0 Å². The summed E-state index contributed by atoms with van der Waals surface area (Å²) in [7, 11) is 0. The molecule has 5 nitrogen and oxygen atoms in total. The van der Waals surface area contributed by atoms with E-state index in [-0.39, 0.29) is 23.7 Å². The van der Waals surface area contributed by atoms with Gasteiger partial charge in [0.15, 0.2) is 5.84 Å². The van der Waals surface area contributed by atoms with Crippen molar-refractivity contribution in [3.63, 3.8) is 0 Å². The zero-order chi connectivity index (χ0) is 13.9. The van der Waals surface area contributed by atoms with Gasteiger partial charge in [-0.2, -0.15) is 0 Å². The van der Waals surface area contributed by atoms with Crippen LogP contribution in [0.5, 0.6) is 0 Å². The monoisotopic (exact) mass is 255 g/mol. The molecule has 1 fully saturated rings. The van der Waals surface area contributed by atoms with Crippen LogP contribution in [0.4, 0.5) is 0 Å². The number of amidine groups is 1. The molecule has 1 aliphatic rings. The maximum atomic E-state index is 12.6. The third-order valence-corrected chi connectivity index (χ3v) is 3.77. The molecule has 0 aromatic rings. The Morgan fingerprint density at radius 2 is 2.00 bits per heavy atom. The predicted molar refractivity (Wildman–Crippen MR) is 71.3 cm³/mol. The fraction of sp³-hybridized carbons (Fsp3) is 0.846. The van der Waals surface area contributed by atoms with Gasteiger partial charge in [-0.25, -0.2) is 0 Å². The second-order valence-electron chi connectivity index (χ2n) is 5.77. The molecule has 18 heavy (non-hydrogen) atoms. The van der Waals surface area contributed by atoms with Crippen molar-refractivity contribution in [3.8, 4) is 0 Å². The number of rotatable bonds is 3. The van der Waals surface area contributed by atoms with Crippen LogP contribution in [0, 0.1) is 17.8 Å². The van der Waals surface area contributed by atoms with Gasteiger partial charge < -0.3 is 15.8 Å². The SMILES string of the molecule is CC1CCC(C)N(C(=O)C(C(N)=NO)C(C)C)C1. The van der Waals surface area contributed by atoms with Crippen molar-refractivity contribution in [2.24, 2.45) is 28.6 Å². The number of carbonyl (C=O) groups excluding carboxylic acids is 1. The van der Waals surface area contributed by atoms with E-state index >= 15 is 0 Å². The first-order chi connectivity index (χ1) is 8.38. The van der Waals surface area contributed by atoms with Crippen molar-refractivity contribution in [1.82, 2.24) is 4.90 Å². The van der Waals surface area contributed by atoms with Gasteiger partial charge >= 0.3 is 0 Å². The summed E-state index contributed by atoms with van der Waals surface area (Å²) < 4.78 is 0. The molecule has 0 spiro atoms. The van der Waals surface area contributed by atoms with Crippen LogP contribution in [0.3, 0.4) is 0 Å². The Morgan fingerprint density at radius 3 is 2.50 bits per heavy atom. The van der Waals surface area contributed by atoms with E-state index in [9.17, 15) is 4.79 Å². The van der Waals surface area contributed by atoms with E-state index in [1.807, 2.05) is 18.7 Å². The van der Waals surface area contributed by atoms with Crippen molar-refractivity contribution >= 4 is 11.7 Å². The van der Waals surface area contributed by atoms with Gasteiger partial charge in [0.05, 0.1) is 0 Å². The first-order valence-electron chi connectivity index (χ1n) is 6.66. The van der Waals surface area contributed by atoms with Gasteiger partial charge in [0.1, 0.15) is 5.92 Å². The van der Waals surface area contributed by atoms with Crippen LogP contribution in [-0.4, -0.2) is 34.4 Å². The van der Waals surface area contributed by atoms with Crippen LogP contribution in [0.15, 0.2) is 5.16 Å². The Balaban J connectivity index is 2.88. The van der Waals surface area contributed by atoms with Crippen LogP contribution in [0.25, 0.3) is 0 Å². The summed E-state index contributed by atoms with van der Waals surface area (Å²) >= 11 is 0. The van der Waals surface area contributed by atoms with Crippen molar-refractivity contribution in [3.05, 3.63) is 0 Å². The minimum absolute atomic E-state index is 0.0143. The van der Waals surface area contributed by atoms with Gasteiger partial charge in [0, 0.05) is 12.6 Å². The third kappa shape index (κ3) is 3.15. The van der Waals surface area contributed by atoms with Crippen molar-refractivity contribution in [2.75, 3.05) is 6.54 Å². The lowest BCUT2D eigenvalue weighted by molar-refractivity contribution is -0.138. The predicted octanol–water partition coefficient (Wildman–Crippen LogP) is 1.65. The molecule has 0 saturated carbocycles. The van der Waals surface area contributed by atoms with Crippen molar-refractivity contribution in [1.29, 1.82) is 0 Å². The molecule has 1 rings (SSSR count). The summed E-state index contributed by atoms with van der Waals surface area (Å²) in [4.78, 5) is 14.4. The molecule has 1 saturated heterocycles. The highest BCUT2D eigenvalue weighted by atomic mass is 16.4. The number of likely N-dealkylation sites (tertiary alicyclic amines) is 1. The minimum Gasteiger partial charge on any atom is -0.409 e. The summed E-state index contributed by atoms with van der Waals surface area (Å²) in [5.41, 5.74) is 5.66. The highest BCUT2D eigenvalue weighted by Gasteiger charge is 2.35. The topological polar surface area (TPSA) is 78.9 Å². The van der Waals surface area contributed by atoms with E-state index < -0.39 is 5.92 Å². The molecule has 1 heterocycles. The number of hydrogen-bond acceptors (Lipinski definition) is 3. The zero-order valence-corrected chi connectivity index (χ0v) is 11.8. The van der Waals surface area contributed by atoms with E-state index in [4.69, 9.17) is 10.9 Å². The maximum Gasteiger partial charge on any atom is 0.233 e. The molecule has 0 aromatic heterocycles. The molecule has 5 heteroatoms. The number of nitrogens with zero attached hydrogens (tertiary/aromatic N) is 2. The Bertz CT molecular complexity index is 328. The molecule has 3 unspecified atom stereocenters. The second kappa shape index (κ2) is 6.07. The van der Waals surface area contributed by atoms with E-state index in [0.717, 1.165) is 19.4 Å². The van der Waals surface area contributed by atoms with Gasteiger partial charge in [-0.15, -0.1) is 0 Å². The number of carbonyl (C=O) groups is 1. The first-order valence-corrected chi connectivity index (χ1v) is 6.66. The Labute approximate surface area is 109 Å². The van der Waals surface area contributed by atoms with Crippen molar-refractivity contribution < 1.29 is 10.0 Å². The smallest absolute Gasteiger partial charge is 0.233 e. The summed E-state index contributed by atoms with van der Waals surface area (Å²) in [5.74, 6) is 0.0191. The highest BCUT2D eigenvalue weighted by Crippen LogP contribution is 2.25. The van der Waals surface area contributed by atoms with Gasteiger partial charge in [0.25, 0.3) is 0 Å². The highest BCUT2D eigenvalue weighted by molar-refractivity contribution is 6.02. The standard InChI is InChI=1S/C13H25N3O2/c1-8(2)11(12(14)15-18)13(17)16-7-9(3)5-6-10(16)4/h8-11,18H,5-7H2,1-4H3,(H2,14,15). The Hall–Kier alpha value is -1.26. The molecule has 0 aromatic carbocycles. The quantitative estimate of drug-likeness (QED) is 0.348. The van der Waals surface area contributed by atoms with Crippen molar-refractivity contribution in [2.45, 2.75) is 46.6 Å². The van der Waals surface area contributed by atoms with Crippen LogP contribution in [-0.2, 0) is 4.79 Å². The second-order valence-corrected chi connectivity index (χ2v) is 5.77. The fourth-order valence-electron chi connectivity index (χ4n) is 2.59. The average Bonchev–Trinajstić information content (AvgIpc) is 2.31. The normalized spacial score (nSPS) is 27.4. The molecule has 0 bridgehead atoms. The number of amides is 1. The van der Waals surface area contributed by atoms with E-state index in [0.29, 0.717) is 5.92 Å². The minimum atomic E-state index is -0.525. The first kappa shape index (κ1) is 14.8. The Morgan fingerprint density at radius 1 is 1.39 bits per heavy atom. The fourth-order valence-corrected chi connectivity index (χ4v) is 2.59. The summed E-state index contributed by atoms with van der Waals surface area (Å²) in [5, 5.41) is 11.8. The number of piperidine rings is 1. The maximum absolute atomic E-state index is 12.6. The van der Waals surface area contributed by atoms with Crippen LogP contribution >= 0.6 is 0 Å².